The number of hydrogen-bond donors (Lipinski definition) is 3. The quantitative estimate of drug-likeness (QED) is 0.109. The van der Waals surface area contributed by atoms with Crippen LogP contribution in [0.15, 0.2) is 77.1 Å². The maximum absolute atomic E-state index is 12.3. The molecule has 42 heavy (non-hydrogen) atoms. The number of hydrogen-bond acceptors (Lipinski definition) is 8. The third-order valence-corrected chi connectivity index (χ3v) is 9.35. The van der Waals surface area contributed by atoms with Crippen molar-refractivity contribution >= 4 is 50.9 Å². The third kappa shape index (κ3) is 8.39. The van der Waals surface area contributed by atoms with Crippen molar-refractivity contribution in [2.45, 2.75) is 68.0 Å². The van der Waals surface area contributed by atoms with Gasteiger partial charge in [-0.1, -0.05) is 66.7 Å². The Morgan fingerprint density at radius 3 is 2.40 bits per heavy atom. The number of carboxylic acid groups (broad SMARTS) is 1. The Morgan fingerprint density at radius 2 is 1.67 bits per heavy atom. The molecule has 5 rings (SSSR count). The van der Waals surface area contributed by atoms with Crippen molar-refractivity contribution in [3.63, 3.8) is 0 Å². The number of ether oxygens (including phenoxy) is 2. The first-order valence-electron chi connectivity index (χ1n) is 14.1. The Balaban J connectivity index is 1.23. The maximum atomic E-state index is 12.3. The minimum Gasteiger partial charge on any atom is -0.481 e. The Hall–Kier alpha value is -3.28. The fraction of sp³-hybridized carbons (Fsp3) is 0.344. The van der Waals surface area contributed by atoms with Crippen LogP contribution in [-0.2, 0) is 25.7 Å². The smallest absolute Gasteiger partial charge is 0.303 e. The van der Waals surface area contributed by atoms with Crippen molar-refractivity contribution in [1.82, 2.24) is 4.98 Å². The van der Waals surface area contributed by atoms with Gasteiger partial charge >= 0.3 is 5.97 Å². The van der Waals surface area contributed by atoms with Crippen molar-refractivity contribution in [2.75, 3.05) is 11.1 Å². The summed E-state index contributed by atoms with van der Waals surface area (Å²) >= 11 is 3.37. The molecule has 1 saturated heterocycles. The lowest BCUT2D eigenvalue weighted by molar-refractivity contribution is -0.245. The van der Waals surface area contributed by atoms with E-state index in [1.54, 1.807) is 23.1 Å². The van der Waals surface area contributed by atoms with Crippen LogP contribution in [0.3, 0.4) is 0 Å². The van der Waals surface area contributed by atoms with E-state index >= 15 is 0 Å². The van der Waals surface area contributed by atoms with Gasteiger partial charge in [0, 0.05) is 36.3 Å². The highest BCUT2D eigenvalue weighted by molar-refractivity contribution is 8.01. The molecule has 2 heterocycles. The normalized spacial score (nSPS) is 18.6. The molecule has 3 aromatic carbocycles. The molecule has 0 spiro atoms. The number of aliphatic hydroxyl groups excluding tert-OH is 1. The average molecular weight is 607 g/mol. The van der Waals surface area contributed by atoms with Gasteiger partial charge in [-0.15, -0.1) is 11.3 Å². The molecule has 1 fully saturated rings. The molecular formula is C32H34N2O6S2. The van der Waals surface area contributed by atoms with Gasteiger partial charge in [-0.25, -0.2) is 4.98 Å². The highest BCUT2D eigenvalue weighted by atomic mass is 32.2. The van der Waals surface area contributed by atoms with Crippen LogP contribution in [0, 0.1) is 0 Å². The number of thioether (sulfide) groups is 1. The Bertz CT molecular complexity index is 1440. The number of nitrogens with zero attached hydrogens (tertiary/aromatic N) is 1. The summed E-state index contributed by atoms with van der Waals surface area (Å²) in [6.07, 6.45) is 2.25. The number of nitrogens with one attached hydrogen (secondary N) is 1. The molecule has 10 heteroatoms. The third-order valence-electron chi connectivity index (χ3n) is 7.04. The van der Waals surface area contributed by atoms with Gasteiger partial charge in [-0.3, -0.25) is 9.59 Å². The number of carbonyl (C=O) groups excluding carboxylic acids is 1. The first kappa shape index (κ1) is 30.2. The van der Waals surface area contributed by atoms with Crippen molar-refractivity contribution < 1.29 is 29.3 Å². The van der Waals surface area contributed by atoms with Gasteiger partial charge in [-0.2, -0.15) is 0 Å². The van der Waals surface area contributed by atoms with E-state index in [2.05, 4.69) is 11.4 Å². The van der Waals surface area contributed by atoms with Gasteiger partial charge in [0.05, 0.1) is 29.0 Å². The number of amides is 1. The molecule has 0 saturated carbocycles. The zero-order valence-electron chi connectivity index (χ0n) is 23.1. The van der Waals surface area contributed by atoms with Crippen LogP contribution in [0.5, 0.6) is 0 Å². The van der Waals surface area contributed by atoms with E-state index in [0.717, 1.165) is 37.0 Å². The van der Waals surface area contributed by atoms with Crippen LogP contribution in [0.1, 0.15) is 67.6 Å². The van der Waals surface area contributed by atoms with E-state index in [4.69, 9.17) is 19.6 Å². The Labute approximate surface area is 253 Å². The molecule has 0 unspecified atom stereocenters. The molecule has 220 valence electrons. The fourth-order valence-electron chi connectivity index (χ4n) is 4.79. The molecule has 8 nitrogen and oxygen atoms in total. The van der Waals surface area contributed by atoms with Crippen molar-refractivity contribution in [3.05, 3.63) is 89.5 Å². The molecule has 0 bridgehead atoms. The molecule has 3 N–H and O–H groups in total. The SMILES string of the molecule is O=C(O)CCCCCC(=O)Nc1ccc([C@@H]2O[C@H](CSc3nc4ccccc4s3)C[C@H](c3ccc(CO)cc3)O2)cc1. The molecule has 1 aliphatic rings. The number of aliphatic hydroxyl groups is 1. The lowest BCUT2D eigenvalue weighted by atomic mass is 10.0. The minimum atomic E-state index is -0.810. The number of aliphatic carboxylic acids is 1. The van der Waals surface area contributed by atoms with E-state index in [1.807, 2.05) is 66.7 Å². The van der Waals surface area contributed by atoms with Gasteiger partial charge in [-0.05, 0) is 48.2 Å². The second-order valence-electron chi connectivity index (χ2n) is 10.2. The summed E-state index contributed by atoms with van der Waals surface area (Å²) in [6.45, 7) is -0.00736. The summed E-state index contributed by atoms with van der Waals surface area (Å²) in [5.74, 6) is -0.179. The van der Waals surface area contributed by atoms with Crippen LogP contribution < -0.4 is 5.32 Å². The number of para-hydroxylation sites is 1. The van der Waals surface area contributed by atoms with Gasteiger partial charge in [0.15, 0.2) is 10.6 Å². The monoisotopic (exact) mass is 606 g/mol. The predicted octanol–water partition coefficient (Wildman–Crippen LogP) is 7.10. The average Bonchev–Trinajstić information content (AvgIpc) is 3.43. The summed E-state index contributed by atoms with van der Waals surface area (Å²) in [6, 6.07) is 23.4. The van der Waals surface area contributed by atoms with E-state index in [0.29, 0.717) is 37.8 Å². The Morgan fingerprint density at radius 1 is 0.929 bits per heavy atom. The van der Waals surface area contributed by atoms with Crippen LogP contribution in [0.2, 0.25) is 0 Å². The summed E-state index contributed by atoms with van der Waals surface area (Å²) in [5.41, 5.74) is 4.42. The second-order valence-corrected chi connectivity index (χ2v) is 12.5. The van der Waals surface area contributed by atoms with Crippen molar-refractivity contribution in [2.24, 2.45) is 0 Å². The first-order valence-corrected chi connectivity index (χ1v) is 15.9. The largest absolute Gasteiger partial charge is 0.481 e. The maximum Gasteiger partial charge on any atom is 0.303 e. The van der Waals surface area contributed by atoms with Gasteiger partial charge in [0.1, 0.15) is 0 Å². The Kier molecular flexibility index (Phi) is 10.6. The van der Waals surface area contributed by atoms with Gasteiger partial charge < -0.3 is 25.0 Å². The fourth-order valence-corrected chi connectivity index (χ4v) is 6.90. The molecular weight excluding hydrogens is 572 g/mol. The van der Waals surface area contributed by atoms with Gasteiger partial charge in [0.25, 0.3) is 0 Å². The predicted molar refractivity (Wildman–Crippen MR) is 165 cm³/mol. The molecule has 4 aromatic rings. The standard InChI is InChI=1S/C32H34N2O6S2/c35-19-21-10-12-22(13-11-21)27-18-25(20-41-32-34-26-6-4-5-7-28(26)42-32)39-31(40-27)23-14-16-24(17-15-23)33-29(36)8-2-1-3-9-30(37)38/h4-7,10-17,25,27,31,35H,1-3,8-9,18-20H2,(H,33,36)(H,37,38)/t25-,27+,31+/m0/s1. The van der Waals surface area contributed by atoms with Gasteiger partial charge in [0.2, 0.25) is 5.91 Å². The van der Waals surface area contributed by atoms with Crippen molar-refractivity contribution in [3.8, 4) is 0 Å². The van der Waals surface area contributed by atoms with E-state index in [1.165, 1.54) is 0 Å². The number of rotatable bonds is 13. The van der Waals surface area contributed by atoms with Crippen LogP contribution in [0.25, 0.3) is 10.2 Å². The summed E-state index contributed by atoms with van der Waals surface area (Å²) in [4.78, 5) is 27.7. The topological polar surface area (TPSA) is 118 Å². The van der Waals surface area contributed by atoms with E-state index in [9.17, 15) is 14.7 Å². The summed E-state index contributed by atoms with van der Waals surface area (Å²) in [7, 11) is 0. The number of unbranched alkanes of at least 4 members (excludes halogenated alkanes) is 2. The molecule has 0 radical (unpaired) electrons. The van der Waals surface area contributed by atoms with E-state index in [-0.39, 0.29) is 31.1 Å². The molecule has 0 aliphatic carbocycles. The minimum absolute atomic E-state index is 0.00736. The number of aromatic nitrogens is 1. The number of benzene rings is 3. The highest BCUT2D eigenvalue weighted by Crippen LogP contribution is 2.40. The zero-order valence-corrected chi connectivity index (χ0v) is 24.7. The van der Waals surface area contributed by atoms with Crippen LogP contribution in [0.4, 0.5) is 5.69 Å². The summed E-state index contributed by atoms with van der Waals surface area (Å²) < 4.78 is 15.1. The first-order chi connectivity index (χ1) is 20.5. The number of fused-ring (bicyclic) bond motifs is 1. The number of carbonyl (C=O) groups is 2. The number of carboxylic acids is 1. The number of thiazole rings is 1. The number of anilines is 1. The molecule has 1 aliphatic heterocycles. The summed E-state index contributed by atoms with van der Waals surface area (Å²) in [5, 5.41) is 21.1. The van der Waals surface area contributed by atoms with Crippen LogP contribution >= 0.6 is 23.1 Å². The lowest BCUT2D eigenvalue weighted by Gasteiger charge is -2.36. The molecule has 3 atom stereocenters. The highest BCUT2D eigenvalue weighted by Gasteiger charge is 2.32. The second kappa shape index (κ2) is 14.8. The zero-order chi connectivity index (χ0) is 29.3. The molecule has 1 aromatic heterocycles. The van der Waals surface area contributed by atoms with Crippen molar-refractivity contribution in [1.29, 1.82) is 0 Å². The lowest BCUT2D eigenvalue weighted by Crippen LogP contribution is -2.31. The van der Waals surface area contributed by atoms with E-state index < -0.39 is 12.3 Å². The molecule has 1 amide bonds. The van der Waals surface area contributed by atoms with Crippen LogP contribution in [-0.4, -0.2) is 38.9 Å².